The molecule has 3 aromatic heterocycles. The smallest absolute Gasteiger partial charge is 0.357 e. The van der Waals surface area contributed by atoms with Crippen LogP contribution in [0.1, 0.15) is 54.0 Å². The monoisotopic (exact) mass is 1110 g/mol. The van der Waals surface area contributed by atoms with Crippen molar-refractivity contribution in [3.05, 3.63) is 188 Å². The molecule has 5 heterocycles. The van der Waals surface area contributed by atoms with Gasteiger partial charge in [0, 0.05) is 40.9 Å². The average molecular weight is 1110 g/mol. The van der Waals surface area contributed by atoms with E-state index in [-0.39, 0.29) is 26.5 Å². The van der Waals surface area contributed by atoms with Crippen LogP contribution in [-0.4, -0.2) is 42.0 Å². The van der Waals surface area contributed by atoms with Gasteiger partial charge in [0.05, 0.1) is 27.9 Å². The second kappa shape index (κ2) is 16.0. The molecular formula is C60H54N4O2PtSi2-2. The van der Waals surface area contributed by atoms with Crippen LogP contribution >= 0.6 is 0 Å². The Labute approximate surface area is 421 Å². The fourth-order valence-electron chi connectivity index (χ4n) is 10.7. The topological polar surface area (TPSA) is 45.1 Å². The van der Waals surface area contributed by atoms with E-state index in [1.54, 1.807) is 0 Å². The number of hydrogen-bond donors (Lipinski definition) is 0. The number of fused-ring (bicyclic) bond motifs is 5. The number of pyridine rings is 1. The van der Waals surface area contributed by atoms with Gasteiger partial charge in [0.2, 0.25) is 0 Å². The molecule has 0 aliphatic carbocycles. The number of benzene rings is 7. The maximum Gasteiger partial charge on any atom is 0.357 e. The third-order valence-corrected chi connectivity index (χ3v) is 22.1. The van der Waals surface area contributed by atoms with Crippen molar-refractivity contribution >= 4 is 70.2 Å². The van der Waals surface area contributed by atoms with Crippen molar-refractivity contribution in [1.82, 2.24) is 14.1 Å². The van der Waals surface area contributed by atoms with Crippen molar-refractivity contribution in [3.63, 3.8) is 0 Å². The summed E-state index contributed by atoms with van der Waals surface area (Å²) in [6.07, 6.45) is 5.91. The van der Waals surface area contributed by atoms with E-state index in [4.69, 9.17) is 13.8 Å². The minimum atomic E-state index is -3.59. The minimum Gasteiger partial charge on any atom is -0.382 e. The molecule has 0 spiro atoms. The van der Waals surface area contributed by atoms with Gasteiger partial charge < -0.3 is 18.0 Å². The first-order valence-corrected chi connectivity index (χ1v) is 28.5. The molecule has 2 aliphatic heterocycles. The molecule has 0 bridgehead atoms. The van der Waals surface area contributed by atoms with Crippen LogP contribution in [0.25, 0.3) is 72.3 Å². The molecule has 0 radical (unpaired) electrons. The quantitative estimate of drug-likeness (QED) is 0.0947. The van der Waals surface area contributed by atoms with Crippen molar-refractivity contribution in [2.24, 2.45) is 0 Å². The van der Waals surface area contributed by atoms with Gasteiger partial charge in [-0.2, -0.15) is 36.4 Å². The van der Waals surface area contributed by atoms with Crippen molar-refractivity contribution in [3.8, 4) is 39.4 Å². The Hall–Kier alpha value is -6.00. The molecule has 1 fully saturated rings. The first-order valence-electron chi connectivity index (χ1n) is 23.7. The van der Waals surface area contributed by atoms with Gasteiger partial charge in [-0.3, -0.25) is 4.57 Å². The van der Waals surface area contributed by atoms with Gasteiger partial charge in [0.15, 0.2) is 0 Å². The molecule has 6 nitrogen and oxygen atoms in total. The molecule has 0 atom stereocenters. The van der Waals surface area contributed by atoms with Gasteiger partial charge >= 0.3 is 8.56 Å². The van der Waals surface area contributed by atoms with Gasteiger partial charge in [-0.1, -0.05) is 160 Å². The van der Waals surface area contributed by atoms with Gasteiger partial charge in [-0.25, -0.2) is 4.98 Å². The summed E-state index contributed by atoms with van der Waals surface area (Å²) in [4.78, 5) is 4.99. The van der Waals surface area contributed by atoms with E-state index in [0.717, 1.165) is 77.1 Å². The molecule has 2 aliphatic rings. The molecule has 0 saturated carbocycles. The van der Waals surface area contributed by atoms with Crippen LogP contribution in [0.2, 0.25) is 13.1 Å². The maximum absolute atomic E-state index is 7.56. The number of nitrogens with zero attached hydrogens (tertiary/aromatic N) is 4. The molecular weight excluding hydrogens is 1060 g/mol. The van der Waals surface area contributed by atoms with Crippen molar-refractivity contribution in [2.45, 2.75) is 78.2 Å². The summed E-state index contributed by atoms with van der Waals surface area (Å²) in [6.45, 7) is 20.3. The van der Waals surface area contributed by atoms with E-state index >= 15 is 0 Å². The fourth-order valence-corrected chi connectivity index (χ4v) is 17.4. The predicted molar refractivity (Wildman–Crippen MR) is 282 cm³/mol. The van der Waals surface area contributed by atoms with E-state index in [0.29, 0.717) is 0 Å². The molecule has 0 unspecified atom stereocenters. The first kappa shape index (κ1) is 45.4. The Morgan fingerprint density at radius 3 is 1.90 bits per heavy atom. The molecule has 7 aromatic carbocycles. The second-order valence-corrected chi connectivity index (χ2v) is 28.2. The normalized spacial score (nSPS) is 16.4. The maximum atomic E-state index is 7.56. The third kappa shape index (κ3) is 6.89. The second-order valence-electron chi connectivity index (χ2n) is 21.1. The summed E-state index contributed by atoms with van der Waals surface area (Å²) in [6, 6.07) is 64.9. The van der Waals surface area contributed by atoms with E-state index in [2.05, 4.69) is 251 Å². The number of rotatable bonds is 6. The molecule has 12 rings (SSSR count). The van der Waals surface area contributed by atoms with Gasteiger partial charge in [0.25, 0.3) is 6.33 Å². The van der Waals surface area contributed by atoms with Crippen LogP contribution < -0.4 is 25.3 Å². The summed E-state index contributed by atoms with van der Waals surface area (Å²) in [5.74, 6) is 0.859. The van der Waals surface area contributed by atoms with E-state index in [1.165, 1.54) is 21.5 Å². The Kier molecular flexibility index (Phi) is 10.6. The van der Waals surface area contributed by atoms with Crippen LogP contribution in [0, 0.1) is 18.5 Å². The first-order chi connectivity index (χ1) is 32.6. The Morgan fingerprint density at radius 1 is 0.623 bits per heavy atom. The zero-order valence-electron chi connectivity index (χ0n) is 40.5. The fraction of sp³-hybridized carbons (Fsp3) is 0.200. The predicted octanol–water partition coefficient (Wildman–Crippen LogP) is 10.7. The Balaban J connectivity index is 0.00000520. The summed E-state index contributed by atoms with van der Waals surface area (Å²) >= 11 is 0. The largest absolute Gasteiger partial charge is 0.382 e. The van der Waals surface area contributed by atoms with Gasteiger partial charge in [-0.15, -0.1) is 20.9 Å². The molecule has 346 valence electrons. The van der Waals surface area contributed by atoms with E-state index in [9.17, 15) is 0 Å². The van der Waals surface area contributed by atoms with Crippen LogP contribution in [0.15, 0.2) is 164 Å². The Morgan fingerprint density at radius 2 is 1.23 bits per heavy atom. The number of aromatic nitrogens is 4. The molecule has 69 heavy (non-hydrogen) atoms. The third-order valence-electron chi connectivity index (χ3n) is 15.0. The van der Waals surface area contributed by atoms with Crippen LogP contribution in [-0.2, 0) is 35.3 Å². The number of hydrogen-bond acceptors (Lipinski definition) is 3. The van der Waals surface area contributed by atoms with Crippen molar-refractivity contribution in [1.29, 1.82) is 0 Å². The molecule has 9 heteroatoms. The SMILES string of the molecule is CC(C)(C)c1ccnc(-n2c3[c-]c([Si]4(c5[c-]c6c(cc5)[Si](C)(C)c5cccc7c5n-6[c-][n+]7-c5c(-c6ccccc6)cccc5-c5ccccc5)OC(C)(C)C(C)(C)O4)ccc3c3ccccc32)c1.[Pt]. The molecule has 0 amide bonds. The summed E-state index contributed by atoms with van der Waals surface area (Å²) in [7, 11) is -5.91. The minimum absolute atomic E-state index is 0. The van der Waals surface area contributed by atoms with Crippen LogP contribution in [0.4, 0.5) is 0 Å². The molecule has 0 N–H and O–H groups in total. The van der Waals surface area contributed by atoms with Crippen molar-refractivity contribution in [2.75, 3.05) is 0 Å². The van der Waals surface area contributed by atoms with Crippen LogP contribution in [0.5, 0.6) is 0 Å². The van der Waals surface area contributed by atoms with Gasteiger partial charge in [0.1, 0.15) is 5.82 Å². The zero-order chi connectivity index (χ0) is 47.0. The summed E-state index contributed by atoms with van der Waals surface area (Å²) in [5, 5.41) is 6.74. The number of para-hydroxylation sites is 3. The summed E-state index contributed by atoms with van der Waals surface area (Å²) in [5.41, 5.74) is 10.8. The standard InChI is InChI=1S/C60H54N4O2Si2.Pt/c1-58(2,3)42-34-35-61-55(36-42)64-49-27-17-16-24-47(49)48-32-30-43(37-51(48)64)68(65-59(4,5)60(6,7)66-68)44-31-33-53-52(38-44)63-39-62(50-28-19-29-54(57(50)63)67(53,8)9)56-45(40-20-12-10-13-21-40)25-18-26-46(56)41-22-14-11-15-23-41;/h10-36H,1-9H3;/q-2;. The molecule has 10 aromatic rings. The van der Waals surface area contributed by atoms with E-state index in [1.807, 2.05) is 6.20 Å². The van der Waals surface area contributed by atoms with Crippen LogP contribution in [0.3, 0.4) is 0 Å². The Bertz CT molecular complexity index is 3590. The van der Waals surface area contributed by atoms with Gasteiger partial charge in [-0.05, 0) is 90.2 Å². The zero-order valence-corrected chi connectivity index (χ0v) is 44.8. The van der Waals surface area contributed by atoms with E-state index < -0.39 is 27.8 Å². The summed E-state index contributed by atoms with van der Waals surface area (Å²) < 4.78 is 22.0. The number of imidazole rings is 1. The van der Waals surface area contributed by atoms with Crippen molar-refractivity contribution < 1.29 is 34.5 Å². The average Bonchev–Trinajstić information content (AvgIpc) is 3.95. The molecule has 1 saturated heterocycles.